The minimum atomic E-state index is 0.675. The van der Waals surface area contributed by atoms with Crippen LogP contribution in [0.3, 0.4) is 0 Å². The van der Waals surface area contributed by atoms with Gasteiger partial charge < -0.3 is 13.6 Å². The van der Waals surface area contributed by atoms with E-state index in [4.69, 9.17) is 14.5 Å². The van der Waals surface area contributed by atoms with E-state index >= 15 is 0 Å². The number of hydrogen-bond donors (Lipinski definition) is 0. The Morgan fingerprint density at radius 2 is 0.964 bits per heavy atom. The summed E-state index contributed by atoms with van der Waals surface area (Å²) in [6.07, 6.45) is 0. The number of fused-ring (bicyclic) bond motifs is 10. The molecule has 6 nitrogen and oxygen atoms in total. The van der Waals surface area contributed by atoms with E-state index in [9.17, 15) is 0 Å². The first-order chi connectivity index (χ1) is 27.8. The molecule has 6 heteroatoms. The first-order valence-electron chi connectivity index (χ1n) is 18.8. The van der Waals surface area contributed by atoms with Gasteiger partial charge in [0, 0.05) is 54.8 Å². The number of furan rings is 1. The molecule has 12 aromatic rings. The van der Waals surface area contributed by atoms with Crippen LogP contribution in [-0.2, 0) is 0 Å². The molecule has 4 heterocycles. The van der Waals surface area contributed by atoms with Crippen LogP contribution in [0.1, 0.15) is 0 Å². The van der Waals surface area contributed by atoms with E-state index < -0.39 is 0 Å². The van der Waals surface area contributed by atoms with Crippen molar-refractivity contribution in [3.63, 3.8) is 0 Å². The summed E-state index contributed by atoms with van der Waals surface area (Å²) in [4.78, 5) is 5.28. The average Bonchev–Trinajstić information content (AvgIpc) is 4.04. The SMILES string of the molecule is c1ccc(-c2nc(-c3cccc4c5ccccc5n(-c5cccc(-n6c7ccccc7c7ccc8c9ccccc9oc8c76)c5)c34)n(-c3ccccc3)n2)cc1. The normalized spacial score (nSPS) is 11.9. The minimum Gasteiger partial charge on any atom is -0.454 e. The number of nitrogens with zero attached hydrogens (tertiary/aromatic N) is 5. The van der Waals surface area contributed by atoms with E-state index in [-0.39, 0.29) is 0 Å². The largest absolute Gasteiger partial charge is 0.454 e. The Morgan fingerprint density at radius 3 is 1.71 bits per heavy atom. The van der Waals surface area contributed by atoms with Gasteiger partial charge in [0.15, 0.2) is 17.2 Å². The molecule has 0 aliphatic rings. The molecule has 0 aliphatic carbocycles. The van der Waals surface area contributed by atoms with Gasteiger partial charge in [-0.1, -0.05) is 127 Å². The lowest BCUT2D eigenvalue weighted by atomic mass is 10.1. The summed E-state index contributed by atoms with van der Waals surface area (Å²) in [5, 5.41) is 12.0. The van der Waals surface area contributed by atoms with Gasteiger partial charge in [-0.25, -0.2) is 9.67 Å². The highest BCUT2D eigenvalue weighted by molar-refractivity contribution is 6.21. The van der Waals surface area contributed by atoms with E-state index in [1.165, 1.54) is 10.8 Å². The zero-order chi connectivity index (χ0) is 36.7. The first-order valence-corrected chi connectivity index (χ1v) is 18.8. The van der Waals surface area contributed by atoms with Crippen LogP contribution in [0.25, 0.3) is 105 Å². The lowest BCUT2D eigenvalue weighted by Gasteiger charge is -2.14. The molecule has 56 heavy (non-hydrogen) atoms. The third kappa shape index (κ3) is 4.44. The Kier molecular flexibility index (Phi) is 6.53. The number of para-hydroxylation sites is 5. The standard InChI is InChI=1S/C50H31N5O/c1-3-15-32(16-4-1)49-51-50(55(52-49)33-17-5-2-6-18-33)42-25-14-24-39-36-21-7-10-26-43(36)53(46(39)42)34-19-13-20-35(31-34)54-44-27-11-8-22-37(44)40-29-30-41-38-23-9-12-28-45(38)56-48(41)47(40)54/h1-31H. The predicted molar refractivity (Wildman–Crippen MR) is 228 cm³/mol. The van der Waals surface area contributed by atoms with Gasteiger partial charge in [0.1, 0.15) is 5.58 Å². The number of rotatable bonds is 5. The molecule has 0 atom stereocenters. The van der Waals surface area contributed by atoms with Gasteiger partial charge in [0.05, 0.1) is 27.8 Å². The molecule has 0 spiro atoms. The van der Waals surface area contributed by atoms with Crippen molar-refractivity contribution < 1.29 is 4.42 Å². The van der Waals surface area contributed by atoms with Gasteiger partial charge in [0.2, 0.25) is 0 Å². The fourth-order valence-electron chi connectivity index (χ4n) is 8.68. The molecule has 0 N–H and O–H groups in total. The molecule has 0 fully saturated rings. The fraction of sp³-hybridized carbons (Fsp3) is 0. The Bertz CT molecular complexity index is 3480. The molecular formula is C50H31N5O. The van der Waals surface area contributed by atoms with Crippen LogP contribution in [0.15, 0.2) is 192 Å². The van der Waals surface area contributed by atoms with E-state index in [1.807, 2.05) is 47.1 Å². The van der Waals surface area contributed by atoms with Crippen molar-refractivity contribution in [1.82, 2.24) is 23.9 Å². The summed E-state index contributed by atoms with van der Waals surface area (Å²) in [7, 11) is 0. The molecule has 0 bridgehead atoms. The van der Waals surface area contributed by atoms with E-state index in [2.05, 4.69) is 155 Å². The first kappa shape index (κ1) is 30.7. The van der Waals surface area contributed by atoms with Crippen LogP contribution in [-0.4, -0.2) is 23.9 Å². The highest BCUT2D eigenvalue weighted by Gasteiger charge is 2.23. The topological polar surface area (TPSA) is 53.7 Å². The second-order valence-electron chi connectivity index (χ2n) is 14.2. The summed E-state index contributed by atoms with van der Waals surface area (Å²) < 4.78 is 13.4. The molecule has 0 radical (unpaired) electrons. The Balaban J connectivity index is 1.15. The number of hydrogen-bond acceptors (Lipinski definition) is 3. The highest BCUT2D eigenvalue weighted by atomic mass is 16.3. The van der Waals surface area contributed by atoms with Crippen LogP contribution in [0.5, 0.6) is 0 Å². The Labute approximate surface area is 320 Å². The van der Waals surface area contributed by atoms with Crippen LogP contribution in [0, 0.1) is 0 Å². The van der Waals surface area contributed by atoms with Gasteiger partial charge in [-0.05, 0) is 60.7 Å². The van der Waals surface area contributed by atoms with Crippen molar-refractivity contribution in [2.75, 3.05) is 0 Å². The van der Waals surface area contributed by atoms with Gasteiger partial charge in [-0.15, -0.1) is 5.10 Å². The lowest BCUT2D eigenvalue weighted by molar-refractivity contribution is 0.671. The smallest absolute Gasteiger partial charge is 0.182 e. The molecule has 4 aromatic heterocycles. The molecule has 0 aliphatic heterocycles. The quantitative estimate of drug-likeness (QED) is 0.178. The van der Waals surface area contributed by atoms with Crippen molar-refractivity contribution in [1.29, 1.82) is 0 Å². The van der Waals surface area contributed by atoms with Crippen molar-refractivity contribution >= 4 is 65.6 Å². The van der Waals surface area contributed by atoms with Crippen molar-refractivity contribution in [2.24, 2.45) is 0 Å². The van der Waals surface area contributed by atoms with Gasteiger partial charge in [-0.2, -0.15) is 0 Å². The van der Waals surface area contributed by atoms with Crippen molar-refractivity contribution in [3.8, 4) is 39.8 Å². The van der Waals surface area contributed by atoms with Crippen LogP contribution >= 0.6 is 0 Å². The maximum absolute atomic E-state index is 6.68. The van der Waals surface area contributed by atoms with Crippen molar-refractivity contribution in [3.05, 3.63) is 188 Å². The second-order valence-corrected chi connectivity index (χ2v) is 14.2. The highest BCUT2D eigenvalue weighted by Crippen LogP contribution is 2.42. The second kappa shape index (κ2) is 11.9. The lowest BCUT2D eigenvalue weighted by Crippen LogP contribution is -2.02. The van der Waals surface area contributed by atoms with E-state index in [1.54, 1.807) is 0 Å². The minimum absolute atomic E-state index is 0.675. The molecule has 8 aromatic carbocycles. The molecule has 262 valence electrons. The maximum Gasteiger partial charge on any atom is 0.182 e. The maximum atomic E-state index is 6.68. The third-order valence-corrected chi connectivity index (χ3v) is 11.1. The summed E-state index contributed by atoms with van der Waals surface area (Å²) in [6, 6.07) is 65.9. The van der Waals surface area contributed by atoms with Crippen LogP contribution in [0.2, 0.25) is 0 Å². The van der Waals surface area contributed by atoms with Gasteiger partial charge in [0.25, 0.3) is 0 Å². The molecule has 0 unspecified atom stereocenters. The predicted octanol–water partition coefficient (Wildman–Crippen LogP) is 12.7. The van der Waals surface area contributed by atoms with E-state index in [0.29, 0.717) is 5.82 Å². The average molecular weight is 718 g/mol. The summed E-state index contributed by atoms with van der Waals surface area (Å²) >= 11 is 0. The van der Waals surface area contributed by atoms with E-state index in [0.717, 1.165) is 88.8 Å². The van der Waals surface area contributed by atoms with Gasteiger partial charge in [-0.3, -0.25) is 0 Å². The van der Waals surface area contributed by atoms with Crippen LogP contribution < -0.4 is 0 Å². The molecule has 0 amide bonds. The van der Waals surface area contributed by atoms with Crippen molar-refractivity contribution in [2.45, 2.75) is 0 Å². The van der Waals surface area contributed by atoms with Crippen LogP contribution in [0.4, 0.5) is 0 Å². The summed E-state index contributed by atoms with van der Waals surface area (Å²) in [6.45, 7) is 0. The third-order valence-electron chi connectivity index (χ3n) is 11.1. The Hall–Kier alpha value is -7.70. The molecule has 0 saturated carbocycles. The molecule has 12 rings (SSSR count). The molecule has 0 saturated heterocycles. The zero-order valence-corrected chi connectivity index (χ0v) is 30.0. The zero-order valence-electron chi connectivity index (χ0n) is 30.0. The summed E-state index contributed by atoms with van der Waals surface area (Å²) in [5.74, 6) is 1.45. The summed E-state index contributed by atoms with van der Waals surface area (Å²) in [5.41, 5.74) is 11.1. The van der Waals surface area contributed by atoms with Gasteiger partial charge >= 0.3 is 0 Å². The Morgan fingerprint density at radius 1 is 0.411 bits per heavy atom. The number of benzene rings is 8. The fourth-order valence-corrected chi connectivity index (χ4v) is 8.68. The number of aromatic nitrogens is 5. The monoisotopic (exact) mass is 717 g/mol. The molecular weight excluding hydrogens is 687 g/mol.